The quantitative estimate of drug-likeness (QED) is 0.195. The summed E-state index contributed by atoms with van der Waals surface area (Å²) in [7, 11) is 4.62. The lowest BCUT2D eigenvalue weighted by molar-refractivity contribution is 0.0600. The SMILES string of the molecule is CCc1nc2c(c(=O)n1-c1sc3c(c1C(=O)OC)CCCC3)c1nc3ccccc3nc1n2CCc1ccc(OC)c(OC)c1. The van der Waals surface area contributed by atoms with Crippen molar-refractivity contribution in [3.05, 3.63) is 80.2 Å². The second kappa shape index (κ2) is 11.6. The van der Waals surface area contributed by atoms with Gasteiger partial charge in [0.2, 0.25) is 0 Å². The Morgan fingerprint density at radius 2 is 1.69 bits per heavy atom. The molecule has 0 unspecified atom stereocenters. The average Bonchev–Trinajstić information content (AvgIpc) is 3.60. The molecule has 0 amide bonds. The zero-order valence-electron chi connectivity index (χ0n) is 25.7. The van der Waals surface area contributed by atoms with E-state index in [0.29, 0.717) is 75.0 Å². The van der Waals surface area contributed by atoms with Crippen LogP contribution in [0.5, 0.6) is 11.5 Å². The Kier molecular flexibility index (Phi) is 7.48. The third-order valence-corrected chi connectivity index (χ3v) is 9.84. The molecule has 7 rings (SSSR count). The highest BCUT2D eigenvalue weighted by Crippen LogP contribution is 2.38. The van der Waals surface area contributed by atoms with E-state index in [1.807, 2.05) is 54.0 Å². The van der Waals surface area contributed by atoms with Gasteiger partial charge in [-0.15, -0.1) is 11.3 Å². The number of methoxy groups -OCH3 is 3. The van der Waals surface area contributed by atoms with E-state index in [2.05, 4.69) is 0 Å². The molecule has 4 heterocycles. The second-order valence-electron chi connectivity index (χ2n) is 11.1. The minimum atomic E-state index is -0.429. The first-order chi connectivity index (χ1) is 22.0. The number of aryl methyl sites for hydroxylation is 4. The number of hydrogen-bond acceptors (Lipinski definition) is 9. The minimum absolute atomic E-state index is 0.264. The molecule has 0 spiro atoms. The molecule has 2 aromatic carbocycles. The third kappa shape index (κ3) is 4.73. The lowest BCUT2D eigenvalue weighted by Crippen LogP contribution is -2.25. The van der Waals surface area contributed by atoms with E-state index >= 15 is 0 Å². The van der Waals surface area contributed by atoms with Crippen LogP contribution in [0.3, 0.4) is 0 Å². The molecule has 0 atom stereocenters. The molecule has 11 heteroatoms. The zero-order valence-corrected chi connectivity index (χ0v) is 26.5. The fourth-order valence-corrected chi connectivity index (χ4v) is 7.75. The first-order valence-corrected chi connectivity index (χ1v) is 15.9. The molecule has 10 nitrogen and oxygen atoms in total. The summed E-state index contributed by atoms with van der Waals surface area (Å²) in [6, 6.07) is 13.5. The lowest BCUT2D eigenvalue weighted by Gasteiger charge is -2.14. The van der Waals surface area contributed by atoms with E-state index in [0.717, 1.165) is 47.2 Å². The predicted molar refractivity (Wildman–Crippen MR) is 174 cm³/mol. The molecule has 0 aliphatic heterocycles. The summed E-state index contributed by atoms with van der Waals surface area (Å²) in [5.74, 6) is 1.45. The standard InChI is InChI=1S/C34H33N5O5S/c1-5-26-37-30-28(32(40)39(26)33-27(34(41)44-4)20-10-6-9-13-25(20)45-33)29-31(36-22-12-8-7-11-21(22)35-29)38(30)17-16-19-14-15-23(42-2)24(18-19)43-3/h7-8,11-12,14-15,18H,5-6,9-10,13,16-17H2,1-4H3. The Labute approximate surface area is 263 Å². The number of carbonyl (C=O) groups is 1. The largest absolute Gasteiger partial charge is 0.493 e. The highest BCUT2D eigenvalue weighted by Gasteiger charge is 2.30. The Morgan fingerprint density at radius 3 is 2.42 bits per heavy atom. The van der Waals surface area contributed by atoms with Gasteiger partial charge in [0.25, 0.3) is 5.56 Å². The van der Waals surface area contributed by atoms with E-state index in [9.17, 15) is 9.59 Å². The molecule has 4 aromatic heterocycles. The molecular weight excluding hydrogens is 590 g/mol. The monoisotopic (exact) mass is 623 g/mol. The van der Waals surface area contributed by atoms with Crippen molar-refractivity contribution in [3.8, 4) is 16.5 Å². The first kappa shape index (κ1) is 29.0. The summed E-state index contributed by atoms with van der Waals surface area (Å²) in [4.78, 5) is 44.1. The van der Waals surface area contributed by atoms with Gasteiger partial charge >= 0.3 is 5.97 Å². The zero-order chi connectivity index (χ0) is 31.2. The number of para-hydroxylation sites is 2. The Bertz CT molecular complexity index is 2180. The van der Waals surface area contributed by atoms with Crippen LogP contribution in [-0.2, 0) is 37.0 Å². The van der Waals surface area contributed by atoms with E-state index in [-0.39, 0.29) is 5.56 Å². The van der Waals surface area contributed by atoms with Crippen molar-refractivity contribution in [2.75, 3.05) is 21.3 Å². The van der Waals surface area contributed by atoms with E-state index < -0.39 is 5.97 Å². The number of esters is 1. The maximum Gasteiger partial charge on any atom is 0.341 e. The fraction of sp³-hybridized carbons (Fsp3) is 0.324. The molecule has 0 N–H and O–H groups in total. The lowest BCUT2D eigenvalue weighted by atomic mass is 9.95. The van der Waals surface area contributed by atoms with Gasteiger partial charge in [-0.05, 0) is 67.5 Å². The van der Waals surface area contributed by atoms with Gasteiger partial charge < -0.3 is 18.8 Å². The van der Waals surface area contributed by atoms with Crippen molar-refractivity contribution >= 4 is 50.5 Å². The van der Waals surface area contributed by atoms with Crippen LogP contribution in [0.1, 0.15) is 52.0 Å². The van der Waals surface area contributed by atoms with Crippen molar-refractivity contribution in [1.82, 2.24) is 24.1 Å². The number of nitrogens with zero attached hydrogens (tertiary/aromatic N) is 5. The highest BCUT2D eigenvalue weighted by molar-refractivity contribution is 7.15. The number of aromatic nitrogens is 5. The van der Waals surface area contributed by atoms with Crippen molar-refractivity contribution in [3.63, 3.8) is 0 Å². The first-order valence-electron chi connectivity index (χ1n) is 15.1. The van der Waals surface area contributed by atoms with Gasteiger partial charge in [-0.25, -0.2) is 19.7 Å². The maximum absolute atomic E-state index is 14.7. The number of ether oxygens (including phenoxy) is 3. The predicted octanol–water partition coefficient (Wildman–Crippen LogP) is 5.83. The Hall–Kier alpha value is -4.77. The molecule has 0 fully saturated rings. The van der Waals surface area contributed by atoms with Crippen molar-refractivity contribution in [2.24, 2.45) is 0 Å². The third-order valence-electron chi connectivity index (χ3n) is 8.57. The van der Waals surface area contributed by atoms with Crippen LogP contribution in [0.15, 0.2) is 47.3 Å². The van der Waals surface area contributed by atoms with Crippen LogP contribution in [0.25, 0.3) is 38.2 Å². The van der Waals surface area contributed by atoms with Crippen molar-refractivity contribution in [2.45, 2.75) is 52.0 Å². The normalized spacial score (nSPS) is 13.0. The molecule has 6 aromatic rings. The van der Waals surface area contributed by atoms with E-state index in [1.165, 1.54) is 18.4 Å². The molecule has 0 radical (unpaired) electrons. The summed E-state index contributed by atoms with van der Waals surface area (Å²) >= 11 is 1.50. The molecule has 1 aliphatic carbocycles. The summed E-state index contributed by atoms with van der Waals surface area (Å²) in [5, 5.41) is 0.958. The number of thiophene rings is 1. The van der Waals surface area contributed by atoms with Crippen molar-refractivity contribution < 1.29 is 19.0 Å². The maximum atomic E-state index is 14.7. The molecule has 1 aliphatic rings. The van der Waals surface area contributed by atoms with Gasteiger partial charge in [0.1, 0.15) is 21.7 Å². The smallest absolute Gasteiger partial charge is 0.341 e. The minimum Gasteiger partial charge on any atom is -0.493 e. The fourth-order valence-electron chi connectivity index (χ4n) is 6.36. The number of rotatable bonds is 8. The summed E-state index contributed by atoms with van der Waals surface area (Å²) in [5.41, 5.74) is 5.27. The second-order valence-corrected chi connectivity index (χ2v) is 12.2. The van der Waals surface area contributed by atoms with Gasteiger partial charge in [0, 0.05) is 17.8 Å². The van der Waals surface area contributed by atoms with Gasteiger partial charge in [-0.3, -0.25) is 9.36 Å². The Balaban J connectivity index is 1.48. The van der Waals surface area contributed by atoms with Crippen LogP contribution in [-0.4, -0.2) is 51.4 Å². The van der Waals surface area contributed by atoms with Crippen molar-refractivity contribution in [1.29, 1.82) is 0 Å². The number of carbonyl (C=O) groups excluding carboxylic acids is 1. The molecule has 45 heavy (non-hydrogen) atoms. The van der Waals surface area contributed by atoms with Gasteiger partial charge in [0.15, 0.2) is 22.8 Å². The van der Waals surface area contributed by atoms with Crippen LogP contribution in [0, 0.1) is 0 Å². The van der Waals surface area contributed by atoms with Crippen LogP contribution in [0.4, 0.5) is 0 Å². The topological polar surface area (TPSA) is 110 Å². The number of benzene rings is 2. The number of fused-ring (bicyclic) bond motifs is 5. The average molecular weight is 624 g/mol. The molecule has 0 bridgehead atoms. The van der Waals surface area contributed by atoms with Crippen LogP contribution in [0.2, 0.25) is 0 Å². The van der Waals surface area contributed by atoms with Gasteiger partial charge in [-0.1, -0.05) is 25.1 Å². The highest BCUT2D eigenvalue weighted by atomic mass is 32.1. The molecular formula is C34H33N5O5S. The van der Waals surface area contributed by atoms with E-state index in [1.54, 1.807) is 18.8 Å². The van der Waals surface area contributed by atoms with Gasteiger partial charge in [-0.2, -0.15) is 0 Å². The van der Waals surface area contributed by atoms with Crippen LogP contribution < -0.4 is 15.0 Å². The summed E-state index contributed by atoms with van der Waals surface area (Å²) < 4.78 is 19.8. The molecule has 0 saturated carbocycles. The molecule has 0 saturated heterocycles. The summed E-state index contributed by atoms with van der Waals surface area (Å²) in [6.45, 7) is 2.47. The Morgan fingerprint density at radius 1 is 0.933 bits per heavy atom. The summed E-state index contributed by atoms with van der Waals surface area (Å²) in [6.07, 6.45) is 4.82. The van der Waals surface area contributed by atoms with Gasteiger partial charge in [0.05, 0.1) is 37.9 Å². The van der Waals surface area contributed by atoms with Crippen LogP contribution >= 0.6 is 11.3 Å². The molecule has 230 valence electrons. The van der Waals surface area contributed by atoms with E-state index in [4.69, 9.17) is 29.2 Å². The number of hydrogen-bond donors (Lipinski definition) is 0.